The molecule has 3 rings (SSSR count). The number of thiophene rings is 1. The minimum absolute atomic E-state index is 0.00935. The number of hydrogen-bond donors (Lipinski definition) is 1. The van der Waals surface area contributed by atoms with Gasteiger partial charge in [-0.15, -0.1) is 23.1 Å². The van der Waals surface area contributed by atoms with E-state index in [1.54, 1.807) is 0 Å². The molecule has 0 spiro atoms. The zero-order valence-corrected chi connectivity index (χ0v) is 21.5. The van der Waals surface area contributed by atoms with Crippen LogP contribution in [-0.2, 0) is 16.6 Å². The highest BCUT2D eigenvalue weighted by atomic mass is 32.2. The number of rotatable bonds is 8. The van der Waals surface area contributed by atoms with E-state index in [0.29, 0.717) is 0 Å². The first kappa shape index (κ1) is 24.7. The number of benzene rings is 1. The van der Waals surface area contributed by atoms with Crippen molar-refractivity contribution in [3.8, 4) is 17.6 Å². The van der Waals surface area contributed by atoms with Crippen LogP contribution in [0, 0.1) is 11.8 Å². The molecule has 2 aromatic rings. The first-order valence-electron chi connectivity index (χ1n) is 11.4. The second-order valence-electron chi connectivity index (χ2n) is 9.76. The van der Waals surface area contributed by atoms with E-state index in [9.17, 15) is 4.79 Å². The molecular formula is C27H34O3S2. The van der Waals surface area contributed by atoms with Crippen LogP contribution in [-0.4, -0.2) is 22.4 Å². The third-order valence-electron chi connectivity index (χ3n) is 5.63. The van der Waals surface area contributed by atoms with E-state index in [-0.39, 0.29) is 17.4 Å². The standard InChI is InChI=1S/C27H34O3S2/c1-6-7-8-9-14-31-24-17-23-22(26(2,3)18-27(4,5)30-23)15-19(24)10-11-20-12-13-21(32-20)16-25(28)29/h12-13,15,17H,6-9,14,16,18H2,1-5H3,(H,28,29). The van der Waals surface area contributed by atoms with Gasteiger partial charge in [0.1, 0.15) is 11.4 Å². The lowest BCUT2D eigenvalue weighted by Gasteiger charge is -2.42. The number of fused-ring (bicyclic) bond motifs is 1. The van der Waals surface area contributed by atoms with Crippen LogP contribution in [0.1, 0.15) is 87.6 Å². The van der Waals surface area contributed by atoms with Crippen LogP contribution in [0.5, 0.6) is 5.75 Å². The first-order chi connectivity index (χ1) is 15.1. The molecule has 2 heterocycles. The zero-order chi connectivity index (χ0) is 23.4. The summed E-state index contributed by atoms with van der Waals surface area (Å²) in [6.45, 7) is 11.1. The topological polar surface area (TPSA) is 46.5 Å². The Hall–Kier alpha value is -1.90. The summed E-state index contributed by atoms with van der Waals surface area (Å²) in [6.07, 6.45) is 5.97. The summed E-state index contributed by atoms with van der Waals surface area (Å²) in [7, 11) is 0. The van der Waals surface area contributed by atoms with E-state index < -0.39 is 5.97 Å². The molecule has 1 N–H and O–H groups in total. The number of unbranched alkanes of at least 4 members (excludes halogenated alkanes) is 3. The fraction of sp³-hybridized carbons (Fsp3) is 0.519. The number of ether oxygens (including phenoxy) is 1. The van der Waals surface area contributed by atoms with Gasteiger partial charge in [0.25, 0.3) is 0 Å². The van der Waals surface area contributed by atoms with Crippen molar-refractivity contribution >= 4 is 29.1 Å². The maximum atomic E-state index is 11.0. The largest absolute Gasteiger partial charge is 0.487 e. The summed E-state index contributed by atoms with van der Waals surface area (Å²) >= 11 is 3.32. The third kappa shape index (κ3) is 6.56. The Morgan fingerprint density at radius 2 is 1.94 bits per heavy atom. The van der Waals surface area contributed by atoms with Crippen LogP contribution in [0.2, 0.25) is 0 Å². The van der Waals surface area contributed by atoms with Gasteiger partial charge < -0.3 is 9.84 Å². The molecule has 0 unspecified atom stereocenters. The SMILES string of the molecule is CCCCCCSc1cc2c(cc1C#Cc1ccc(CC(=O)O)s1)C(C)(C)CC(C)(C)O2. The Bertz CT molecular complexity index is 1020. The van der Waals surface area contributed by atoms with Crippen molar-refractivity contribution in [1.29, 1.82) is 0 Å². The number of aliphatic carboxylic acids is 1. The zero-order valence-electron chi connectivity index (χ0n) is 19.8. The molecule has 1 aromatic heterocycles. The molecule has 0 radical (unpaired) electrons. The van der Waals surface area contributed by atoms with Gasteiger partial charge in [-0.05, 0) is 62.1 Å². The fourth-order valence-electron chi connectivity index (χ4n) is 4.41. The summed E-state index contributed by atoms with van der Waals surface area (Å²) in [5.74, 6) is 7.91. The highest BCUT2D eigenvalue weighted by molar-refractivity contribution is 7.99. The van der Waals surface area contributed by atoms with Crippen molar-refractivity contribution < 1.29 is 14.6 Å². The molecule has 0 bridgehead atoms. The van der Waals surface area contributed by atoms with Gasteiger partial charge >= 0.3 is 5.97 Å². The number of carboxylic acids is 1. The van der Waals surface area contributed by atoms with E-state index in [2.05, 4.69) is 58.6 Å². The van der Waals surface area contributed by atoms with Crippen LogP contribution in [0.4, 0.5) is 0 Å². The Balaban J connectivity index is 1.92. The van der Waals surface area contributed by atoms with E-state index >= 15 is 0 Å². The number of carbonyl (C=O) groups is 1. The maximum absolute atomic E-state index is 11.0. The van der Waals surface area contributed by atoms with Crippen molar-refractivity contribution in [2.24, 2.45) is 0 Å². The van der Waals surface area contributed by atoms with Crippen LogP contribution in [0.15, 0.2) is 29.2 Å². The van der Waals surface area contributed by atoms with Crippen molar-refractivity contribution in [2.45, 2.75) is 89.1 Å². The third-order valence-corrected chi connectivity index (χ3v) is 7.77. The molecule has 32 heavy (non-hydrogen) atoms. The second kappa shape index (κ2) is 10.4. The van der Waals surface area contributed by atoms with Crippen LogP contribution >= 0.6 is 23.1 Å². The summed E-state index contributed by atoms with van der Waals surface area (Å²) in [5.41, 5.74) is 2.07. The molecule has 0 atom stereocenters. The quantitative estimate of drug-likeness (QED) is 0.250. The molecule has 172 valence electrons. The van der Waals surface area contributed by atoms with Crippen LogP contribution in [0.3, 0.4) is 0 Å². The second-order valence-corrected chi connectivity index (χ2v) is 12.1. The van der Waals surface area contributed by atoms with Gasteiger partial charge in [-0.25, -0.2) is 0 Å². The first-order valence-corrected chi connectivity index (χ1v) is 13.2. The fourth-order valence-corrected chi connectivity index (χ4v) is 6.29. The molecule has 0 aliphatic carbocycles. The highest BCUT2D eigenvalue weighted by Gasteiger charge is 2.39. The maximum Gasteiger partial charge on any atom is 0.308 e. The molecular weight excluding hydrogens is 436 g/mol. The summed E-state index contributed by atoms with van der Waals surface area (Å²) in [4.78, 5) is 13.9. The normalized spacial score (nSPS) is 15.9. The van der Waals surface area contributed by atoms with Gasteiger partial charge in [-0.2, -0.15) is 0 Å². The molecule has 5 heteroatoms. The average Bonchev–Trinajstić information content (AvgIpc) is 3.11. The molecule has 1 aliphatic heterocycles. The van der Waals surface area contributed by atoms with E-state index in [4.69, 9.17) is 9.84 Å². The van der Waals surface area contributed by atoms with Gasteiger partial charge in [0.2, 0.25) is 0 Å². The van der Waals surface area contributed by atoms with Crippen LogP contribution in [0.25, 0.3) is 0 Å². The van der Waals surface area contributed by atoms with E-state index in [1.165, 1.54) is 47.5 Å². The summed E-state index contributed by atoms with van der Waals surface area (Å²) < 4.78 is 6.38. The molecule has 0 saturated carbocycles. The molecule has 0 amide bonds. The van der Waals surface area contributed by atoms with E-state index in [1.807, 2.05) is 23.9 Å². The van der Waals surface area contributed by atoms with Gasteiger partial charge in [0.05, 0.1) is 11.3 Å². The van der Waals surface area contributed by atoms with Gasteiger partial charge in [-0.1, -0.05) is 51.9 Å². The van der Waals surface area contributed by atoms with Crippen molar-refractivity contribution in [3.05, 3.63) is 45.1 Å². The van der Waals surface area contributed by atoms with Crippen LogP contribution < -0.4 is 4.74 Å². The predicted octanol–water partition coefficient (Wildman–Crippen LogP) is 7.29. The summed E-state index contributed by atoms with van der Waals surface area (Å²) in [6, 6.07) is 8.19. The minimum Gasteiger partial charge on any atom is -0.487 e. The lowest BCUT2D eigenvalue weighted by Crippen LogP contribution is -2.41. The lowest BCUT2D eigenvalue weighted by molar-refractivity contribution is -0.136. The molecule has 0 fully saturated rings. The van der Waals surface area contributed by atoms with Crippen molar-refractivity contribution in [2.75, 3.05) is 5.75 Å². The average molecular weight is 471 g/mol. The number of hydrogen-bond acceptors (Lipinski definition) is 4. The van der Waals surface area contributed by atoms with Crippen molar-refractivity contribution in [1.82, 2.24) is 0 Å². The molecule has 1 aliphatic rings. The van der Waals surface area contributed by atoms with Gasteiger partial charge in [0.15, 0.2) is 0 Å². The minimum atomic E-state index is -0.812. The highest BCUT2D eigenvalue weighted by Crippen LogP contribution is 2.46. The van der Waals surface area contributed by atoms with Gasteiger partial charge in [-0.3, -0.25) is 4.79 Å². The number of thioether (sulfide) groups is 1. The smallest absolute Gasteiger partial charge is 0.308 e. The predicted molar refractivity (Wildman–Crippen MR) is 135 cm³/mol. The Morgan fingerprint density at radius 1 is 1.16 bits per heavy atom. The monoisotopic (exact) mass is 470 g/mol. The Labute approximate surface area is 201 Å². The van der Waals surface area contributed by atoms with Gasteiger partial charge in [0, 0.05) is 20.9 Å². The number of carboxylic acid groups (broad SMARTS) is 1. The van der Waals surface area contributed by atoms with Crippen molar-refractivity contribution in [3.63, 3.8) is 0 Å². The van der Waals surface area contributed by atoms with E-state index in [0.717, 1.165) is 33.2 Å². The molecule has 3 nitrogen and oxygen atoms in total. The Kier molecular flexibility index (Phi) is 8.01. The lowest BCUT2D eigenvalue weighted by atomic mass is 9.73. The Morgan fingerprint density at radius 3 is 2.66 bits per heavy atom. The summed E-state index contributed by atoms with van der Waals surface area (Å²) in [5, 5.41) is 9.01. The molecule has 1 aromatic carbocycles. The molecule has 0 saturated heterocycles.